The number of hydrogen-bond acceptors (Lipinski definition) is 4. The number of ketones is 1. The van der Waals surface area contributed by atoms with Crippen molar-refractivity contribution in [3.05, 3.63) is 53.6 Å². The Hall–Kier alpha value is -2.23. The number of benzene rings is 1. The molecule has 1 fully saturated rings. The van der Waals surface area contributed by atoms with E-state index in [0.29, 0.717) is 18.1 Å². The third-order valence-electron chi connectivity index (χ3n) is 6.05. The van der Waals surface area contributed by atoms with Crippen molar-refractivity contribution in [2.45, 2.75) is 38.0 Å². The summed E-state index contributed by atoms with van der Waals surface area (Å²) < 4.78 is 5.32. The minimum absolute atomic E-state index is 0.0731. The fourth-order valence-electron chi connectivity index (χ4n) is 4.81. The van der Waals surface area contributed by atoms with Crippen LogP contribution >= 0.6 is 0 Å². The van der Waals surface area contributed by atoms with E-state index in [0.717, 1.165) is 30.7 Å². The van der Waals surface area contributed by atoms with Gasteiger partial charge in [0.1, 0.15) is 17.9 Å². The molecule has 4 rings (SSSR count). The van der Waals surface area contributed by atoms with Crippen LogP contribution in [0.3, 0.4) is 0 Å². The van der Waals surface area contributed by atoms with Gasteiger partial charge in [-0.3, -0.25) is 4.79 Å². The van der Waals surface area contributed by atoms with Gasteiger partial charge in [0.15, 0.2) is 0 Å². The minimum atomic E-state index is -0.184. The van der Waals surface area contributed by atoms with Crippen LogP contribution in [0.15, 0.2) is 36.8 Å². The summed E-state index contributed by atoms with van der Waals surface area (Å²) in [6.45, 7) is 2.09. The maximum Gasteiger partial charge on any atom is 0.136 e. The molecule has 0 aliphatic heterocycles. The largest absolute Gasteiger partial charge is 0.497 e. The summed E-state index contributed by atoms with van der Waals surface area (Å²) in [4.78, 5) is 21.3. The standard InChI is InChI=1S/C20H22N2O2/c1-13-17-8-3-14-11-21-12-22-19(14)20(17,10-9-18(13)23)15-4-6-16(24-2)7-5-15/h4-7,11-13,17H,3,8-10H2,1-2H3/t13-,17-,20+/m0/s1. The van der Waals surface area contributed by atoms with Crippen molar-refractivity contribution in [3.63, 3.8) is 0 Å². The van der Waals surface area contributed by atoms with Crippen LogP contribution in [-0.4, -0.2) is 22.9 Å². The first-order valence-corrected chi connectivity index (χ1v) is 8.63. The predicted octanol–water partition coefficient (Wildman–Crippen LogP) is 3.33. The molecule has 0 N–H and O–H groups in total. The van der Waals surface area contributed by atoms with Crippen LogP contribution in [0, 0.1) is 11.8 Å². The summed E-state index contributed by atoms with van der Waals surface area (Å²) in [5.74, 6) is 1.62. The Kier molecular flexibility index (Phi) is 3.63. The number of rotatable bonds is 2. The van der Waals surface area contributed by atoms with Crippen LogP contribution in [0.5, 0.6) is 5.75 Å². The zero-order valence-electron chi connectivity index (χ0n) is 14.2. The van der Waals surface area contributed by atoms with Gasteiger partial charge in [-0.15, -0.1) is 0 Å². The van der Waals surface area contributed by atoms with Crippen molar-refractivity contribution in [2.75, 3.05) is 7.11 Å². The SMILES string of the molecule is COc1ccc([C@]23CCC(=O)[C@@H](C)[C@@H]2CCc2cncnc23)cc1. The first-order valence-electron chi connectivity index (χ1n) is 8.63. The average molecular weight is 322 g/mol. The van der Waals surface area contributed by atoms with Crippen LogP contribution in [0.1, 0.15) is 43.0 Å². The first-order chi connectivity index (χ1) is 11.7. The van der Waals surface area contributed by atoms with E-state index in [4.69, 9.17) is 9.72 Å². The summed E-state index contributed by atoms with van der Waals surface area (Å²) in [5.41, 5.74) is 3.41. The fourth-order valence-corrected chi connectivity index (χ4v) is 4.81. The quantitative estimate of drug-likeness (QED) is 0.851. The first kappa shape index (κ1) is 15.3. The van der Waals surface area contributed by atoms with E-state index < -0.39 is 0 Å². The predicted molar refractivity (Wildman–Crippen MR) is 91.0 cm³/mol. The molecule has 0 saturated heterocycles. The van der Waals surface area contributed by atoms with Gasteiger partial charge >= 0.3 is 0 Å². The Morgan fingerprint density at radius 2 is 2.00 bits per heavy atom. The van der Waals surface area contributed by atoms with Gasteiger partial charge in [-0.2, -0.15) is 0 Å². The number of aromatic nitrogens is 2. The molecule has 0 bridgehead atoms. The van der Waals surface area contributed by atoms with Gasteiger partial charge in [-0.1, -0.05) is 19.1 Å². The lowest BCUT2D eigenvalue weighted by molar-refractivity contribution is -0.128. The summed E-state index contributed by atoms with van der Waals surface area (Å²) in [6, 6.07) is 8.31. The lowest BCUT2D eigenvalue weighted by atomic mass is 9.53. The maximum absolute atomic E-state index is 12.4. The third-order valence-corrected chi connectivity index (χ3v) is 6.05. The van der Waals surface area contributed by atoms with Gasteiger partial charge in [-0.05, 0) is 48.4 Å². The molecule has 1 heterocycles. The van der Waals surface area contributed by atoms with E-state index in [1.54, 1.807) is 13.4 Å². The van der Waals surface area contributed by atoms with Gasteiger partial charge in [0.2, 0.25) is 0 Å². The molecule has 4 heteroatoms. The highest BCUT2D eigenvalue weighted by Gasteiger charge is 2.52. The van der Waals surface area contributed by atoms with Crippen molar-refractivity contribution in [3.8, 4) is 5.75 Å². The van der Waals surface area contributed by atoms with Crippen LogP contribution < -0.4 is 4.74 Å². The Morgan fingerprint density at radius 1 is 1.21 bits per heavy atom. The van der Waals surface area contributed by atoms with Crippen LogP contribution in [0.25, 0.3) is 0 Å². The van der Waals surface area contributed by atoms with Gasteiger partial charge in [-0.25, -0.2) is 9.97 Å². The Bertz CT molecular complexity index is 771. The molecule has 0 radical (unpaired) electrons. The summed E-state index contributed by atoms with van der Waals surface area (Å²) >= 11 is 0. The molecule has 1 saturated carbocycles. The van der Waals surface area contributed by atoms with E-state index in [2.05, 4.69) is 24.0 Å². The second-order valence-electron chi connectivity index (χ2n) is 7.00. The number of nitrogens with zero attached hydrogens (tertiary/aromatic N) is 2. The monoisotopic (exact) mass is 322 g/mol. The van der Waals surface area contributed by atoms with Crippen molar-refractivity contribution in [1.29, 1.82) is 0 Å². The molecule has 2 aliphatic carbocycles. The number of Topliss-reactive ketones (excluding diaryl/α,β-unsaturated/α-hetero) is 1. The third kappa shape index (κ3) is 2.09. The molecule has 1 aromatic carbocycles. The maximum atomic E-state index is 12.4. The molecule has 0 spiro atoms. The number of methoxy groups -OCH3 is 1. The summed E-state index contributed by atoms with van der Waals surface area (Å²) in [6.07, 6.45) is 7.01. The van der Waals surface area contributed by atoms with Gasteiger partial charge < -0.3 is 4.74 Å². The lowest BCUT2D eigenvalue weighted by Gasteiger charge is -2.50. The van der Waals surface area contributed by atoms with Crippen molar-refractivity contribution in [1.82, 2.24) is 9.97 Å². The smallest absolute Gasteiger partial charge is 0.136 e. The molecule has 4 nitrogen and oxygen atoms in total. The molecule has 0 amide bonds. The number of fused-ring (bicyclic) bond motifs is 3. The Labute approximate surface area is 142 Å². The van der Waals surface area contributed by atoms with Crippen molar-refractivity contribution in [2.24, 2.45) is 11.8 Å². The molecule has 2 aromatic rings. The summed E-state index contributed by atoms with van der Waals surface area (Å²) in [7, 11) is 1.68. The van der Waals surface area contributed by atoms with E-state index in [-0.39, 0.29) is 11.3 Å². The van der Waals surface area contributed by atoms with E-state index in [1.807, 2.05) is 18.3 Å². The number of hydrogen-bond donors (Lipinski definition) is 0. The highest BCUT2D eigenvalue weighted by atomic mass is 16.5. The normalized spacial score (nSPS) is 28.8. The molecule has 0 unspecified atom stereocenters. The molecule has 124 valence electrons. The molecular formula is C20H22N2O2. The number of ether oxygens (including phenoxy) is 1. The number of aryl methyl sites for hydroxylation is 1. The highest BCUT2D eigenvalue weighted by Crippen LogP contribution is 2.54. The number of carbonyl (C=O) groups excluding carboxylic acids is 1. The second-order valence-corrected chi connectivity index (χ2v) is 7.00. The van der Waals surface area contributed by atoms with Crippen LogP contribution in [-0.2, 0) is 16.6 Å². The van der Waals surface area contributed by atoms with Crippen LogP contribution in [0.4, 0.5) is 0 Å². The molecule has 3 atom stereocenters. The molecule has 2 aliphatic rings. The van der Waals surface area contributed by atoms with Gasteiger partial charge in [0, 0.05) is 24.0 Å². The highest BCUT2D eigenvalue weighted by molar-refractivity contribution is 5.83. The average Bonchev–Trinajstić information content (AvgIpc) is 2.64. The zero-order chi connectivity index (χ0) is 16.7. The topological polar surface area (TPSA) is 52.1 Å². The van der Waals surface area contributed by atoms with Crippen LogP contribution in [0.2, 0.25) is 0 Å². The summed E-state index contributed by atoms with van der Waals surface area (Å²) in [5, 5.41) is 0. The second kappa shape index (κ2) is 5.69. The molecular weight excluding hydrogens is 300 g/mol. The molecule has 1 aromatic heterocycles. The minimum Gasteiger partial charge on any atom is -0.497 e. The van der Waals surface area contributed by atoms with E-state index in [9.17, 15) is 4.79 Å². The van der Waals surface area contributed by atoms with Crippen molar-refractivity contribution < 1.29 is 9.53 Å². The lowest BCUT2D eigenvalue weighted by Crippen LogP contribution is -2.49. The zero-order valence-corrected chi connectivity index (χ0v) is 14.2. The fraction of sp³-hybridized carbons (Fsp3) is 0.450. The van der Waals surface area contributed by atoms with Gasteiger partial charge in [0.05, 0.1) is 12.8 Å². The Morgan fingerprint density at radius 3 is 2.75 bits per heavy atom. The van der Waals surface area contributed by atoms with Gasteiger partial charge in [0.25, 0.3) is 0 Å². The van der Waals surface area contributed by atoms with E-state index >= 15 is 0 Å². The van der Waals surface area contributed by atoms with Crippen molar-refractivity contribution >= 4 is 5.78 Å². The van der Waals surface area contributed by atoms with E-state index in [1.165, 1.54) is 11.1 Å². The number of carbonyl (C=O) groups is 1. The molecule has 24 heavy (non-hydrogen) atoms. The Balaban J connectivity index is 1.92.